The Morgan fingerprint density at radius 3 is 2.50 bits per heavy atom. The lowest BCUT2D eigenvalue weighted by Gasteiger charge is -2.32. The zero-order chi connectivity index (χ0) is 13.5. The average Bonchev–Trinajstić information content (AvgIpc) is 2.62. The van der Waals surface area contributed by atoms with Crippen molar-refractivity contribution in [3.05, 3.63) is 33.8 Å². The van der Waals surface area contributed by atoms with E-state index < -0.39 is 0 Å². The molecule has 18 heavy (non-hydrogen) atoms. The van der Waals surface area contributed by atoms with Gasteiger partial charge < -0.3 is 0 Å². The molecule has 0 bridgehead atoms. The van der Waals surface area contributed by atoms with Crippen LogP contribution in [0.25, 0.3) is 0 Å². The van der Waals surface area contributed by atoms with E-state index in [4.69, 9.17) is 11.6 Å². The normalized spacial score (nSPS) is 24.2. The van der Waals surface area contributed by atoms with Crippen molar-refractivity contribution in [1.29, 1.82) is 0 Å². The molecule has 1 aromatic rings. The minimum Gasteiger partial charge on any atom is -0.0840 e. The van der Waals surface area contributed by atoms with Crippen molar-refractivity contribution in [2.24, 2.45) is 11.3 Å². The fourth-order valence-electron chi connectivity index (χ4n) is 3.21. The summed E-state index contributed by atoms with van der Waals surface area (Å²) in [5.41, 5.74) is 4.33. The number of hydrogen-bond donors (Lipinski definition) is 0. The summed E-state index contributed by atoms with van der Waals surface area (Å²) in [5, 5.41) is 0.877. The van der Waals surface area contributed by atoms with Gasteiger partial charge in [0.05, 0.1) is 0 Å². The fourth-order valence-corrected chi connectivity index (χ4v) is 4.90. The van der Waals surface area contributed by atoms with Crippen molar-refractivity contribution in [3.8, 4) is 0 Å². The first-order chi connectivity index (χ1) is 8.33. The highest BCUT2D eigenvalue weighted by molar-refractivity contribution is 9.09. The maximum Gasteiger partial charge on any atom is 0.0438 e. The summed E-state index contributed by atoms with van der Waals surface area (Å²) in [5.74, 6) is 0.719. The third-order valence-electron chi connectivity index (χ3n) is 4.54. The second-order valence-corrected chi connectivity index (χ2v) is 7.74. The predicted octanol–water partition coefficient (Wildman–Crippen LogP) is 6.22. The lowest BCUT2D eigenvalue weighted by Crippen LogP contribution is -2.21. The second kappa shape index (κ2) is 5.17. The van der Waals surface area contributed by atoms with E-state index in [1.165, 1.54) is 36.0 Å². The van der Waals surface area contributed by atoms with Gasteiger partial charge in [-0.3, -0.25) is 0 Å². The van der Waals surface area contributed by atoms with E-state index in [0.29, 0.717) is 10.2 Å². The number of alkyl halides is 1. The molecule has 1 aromatic carbocycles. The van der Waals surface area contributed by atoms with Crippen molar-refractivity contribution in [3.63, 3.8) is 0 Å². The highest BCUT2D eigenvalue weighted by Gasteiger charge is 2.39. The van der Waals surface area contributed by atoms with Crippen molar-refractivity contribution in [1.82, 2.24) is 0 Å². The number of benzene rings is 1. The molecule has 100 valence electrons. The van der Waals surface area contributed by atoms with Crippen molar-refractivity contribution in [2.45, 2.75) is 51.8 Å². The van der Waals surface area contributed by atoms with Crippen LogP contribution in [0.4, 0.5) is 0 Å². The summed E-state index contributed by atoms with van der Waals surface area (Å²) < 4.78 is 0. The monoisotopic (exact) mass is 328 g/mol. The van der Waals surface area contributed by atoms with E-state index in [0.717, 1.165) is 10.9 Å². The first kappa shape index (κ1) is 14.4. The molecular weight excluding hydrogens is 308 g/mol. The highest BCUT2D eigenvalue weighted by atomic mass is 79.9. The Bertz CT molecular complexity index is 451. The summed E-state index contributed by atoms with van der Waals surface area (Å²) in [4.78, 5) is 0.450. The molecule has 0 heterocycles. The smallest absolute Gasteiger partial charge is 0.0438 e. The molecule has 0 spiro atoms. The maximum absolute atomic E-state index is 6.19. The summed E-state index contributed by atoms with van der Waals surface area (Å²) >= 11 is 10.1. The van der Waals surface area contributed by atoms with Crippen molar-refractivity contribution >= 4 is 27.5 Å². The second-order valence-electron chi connectivity index (χ2n) is 6.35. The van der Waals surface area contributed by atoms with Crippen LogP contribution in [-0.4, -0.2) is 0 Å². The first-order valence-corrected chi connectivity index (χ1v) is 8.03. The fraction of sp³-hybridized carbons (Fsp3) is 0.625. The van der Waals surface area contributed by atoms with Gasteiger partial charge in [-0.1, -0.05) is 53.9 Å². The van der Waals surface area contributed by atoms with E-state index in [-0.39, 0.29) is 0 Å². The molecule has 1 aliphatic rings. The molecule has 0 nitrogen and oxygen atoms in total. The summed E-state index contributed by atoms with van der Waals surface area (Å²) in [6, 6.07) is 4.36. The zero-order valence-electron chi connectivity index (χ0n) is 11.7. The molecule has 2 rings (SSSR count). The molecule has 0 aromatic heterocycles. The molecule has 0 saturated heterocycles. The van der Waals surface area contributed by atoms with E-state index in [1.54, 1.807) is 0 Å². The van der Waals surface area contributed by atoms with Crippen LogP contribution < -0.4 is 0 Å². The quantitative estimate of drug-likeness (QED) is 0.565. The van der Waals surface area contributed by atoms with Crippen LogP contribution in [0, 0.1) is 25.2 Å². The van der Waals surface area contributed by atoms with Crippen LogP contribution in [0.3, 0.4) is 0 Å². The average molecular weight is 330 g/mol. The Kier molecular flexibility index (Phi) is 4.14. The summed E-state index contributed by atoms with van der Waals surface area (Å²) in [7, 11) is 0. The maximum atomic E-state index is 6.19. The van der Waals surface area contributed by atoms with Crippen LogP contribution in [0.5, 0.6) is 0 Å². The van der Waals surface area contributed by atoms with Gasteiger partial charge in [0.2, 0.25) is 0 Å². The van der Waals surface area contributed by atoms with Crippen molar-refractivity contribution in [2.75, 3.05) is 0 Å². The topological polar surface area (TPSA) is 0 Å². The number of halogens is 2. The largest absolute Gasteiger partial charge is 0.0840 e. The molecule has 1 aliphatic carbocycles. The zero-order valence-corrected chi connectivity index (χ0v) is 14.0. The molecule has 1 saturated carbocycles. The third-order valence-corrected chi connectivity index (χ3v) is 6.08. The Balaban J connectivity index is 2.34. The lowest BCUT2D eigenvalue weighted by atomic mass is 9.77. The van der Waals surface area contributed by atoms with Gasteiger partial charge in [0.25, 0.3) is 0 Å². The van der Waals surface area contributed by atoms with Crippen LogP contribution in [0.1, 0.15) is 54.6 Å². The lowest BCUT2D eigenvalue weighted by molar-refractivity contribution is 0.256. The Labute approximate surface area is 124 Å². The van der Waals surface area contributed by atoms with Gasteiger partial charge in [0, 0.05) is 9.85 Å². The molecule has 2 atom stereocenters. The van der Waals surface area contributed by atoms with E-state index in [1.807, 2.05) is 0 Å². The number of hydrogen-bond acceptors (Lipinski definition) is 0. The molecule has 2 unspecified atom stereocenters. The highest BCUT2D eigenvalue weighted by Crippen LogP contribution is 2.52. The summed E-state index contributed by atoms with van der Waals surface area (Å²) in [6.07, 6.45) is 4.01. The van der Waals surface area contributed by atoms with E-state index >= 15 is 0 Å². The van der Waals surface area contributed by atoms with Gasteiger partial charge in [-0.2, -0.15) is 0 Å². The Morgan fingerprint density at radius 1 is 1.28 bits per heavy atom. The Hall–Kier alpha value is -0.0100. The molecule has 0 aliphatic heterocycles. The van der Waals surface area contributed by atoms with Gasteiger partial charge in [-0.05, 0) is 60.8 Å². The minimum absolute atomic E-state index is 0.439. The molecular formula is C16H22BrCl. The van der Waals surface area contributed by atoms with Gasteiger partial charge in [0.15, 0.2) is 0 Å². The predicted molar refractivity (Wildman–Crippen MR) is 83.7 cm³/mol. The van der Waals surface area contributed by atoms with E-state index in [2.05, 4.69) is 55.8 Å². The van der Waals surface area contributed by atoms with E-state index in [9.17, 15) is 0 Å². The first-order valence-electron chi connectivity index (χ1n) is 6.73. The van der Waals surface area contributed by atoms with Crippen LogP contribution >= 0.6 is 27.5 Å². The molecule has 0 amide bonds. The van der Waals surface area contributed by atoms with Gasteiger partial charge >= 0.3 is 0 Å². The molecule has 1 fully saturated rings. The number of aryl methyl sites for hydroxylation is 2. The Morgan fingerprint density at radius 2 is 1.94 bits per heavy atom. The SMILES string of the molecule is Cc1cc(C(Br)C2CCCC2(C)C)c(C)cc1Cl. The van der Waals surface area contributed by atoms with Gasteiger partial charge in [-0.15, -0.1) is 0 Å². The third kappa shape index (κ3) is 2.63. The standard InChI is InChI=1S/C16H22BrCl/c1-10-9-14(18)11(2)8-12(10)15(17)13-6-5-7-16(13,3)4/h8-9,13,15H,5-7H2,1-4H3. The van der Waals surface area contributed by atoms with Crippen molar-refractivity contribution < 1.29 is 0 Å². The molecule has 0 radical (unpaired) electrons. The summed E-state index contributed by atoms with van der Waals surface area (Å²) in [6.45, 7) is 9.05. The van der Waals surface area contributed by atoms with Crippen LogP contribution in [-0.2, 0) is 0 Å². The molecule has 2 heteroatoms. The molecule has 0 N–H and O–H groups in total. The van der Waals surface area contributed by atoms with Crippen LogP contribution in [0.2, 0.25) is 5.02 Å². The van der Waals surface area contributed by atoms with Gasteiger partial charge in [-0.25, -0.2) is 0 Å². The van der Waals surface area contributed by atoms with Crippen LogP contribution in [0.15, 0.2) is 12.1 Å². The van der Waals surface area contributed by atoms with Gasteiger partial charge in [0.1, 0.15) is 0 Å². The number of rotatable bonds is 2. The minimum atomic E-state index is 0.439.